The van der Waals surface area contributed by atoms with Gasteiger partial charge < -0.3 is 10.1 Å². The molecule has 3 aromatic rings. The van der Waals surface area contributed by atoms with Gasteiger partial charge in [0.1, 0.15) is 12.7 Å². The van der Waals surface area contributed by atoms with Crippen molar-refractivity contribution in [1.29, 1.82) is 5.26 Å². The second-order valence-corrected chi connectivity index (χ2v) is 4.99. The largest absolute Gasteiger partial charge is 0.358 e. The molecule has 1 aromatic heterocycles. The van der Waals surface area contributed by atoms with Crippen molar-refractivity contribution in [2.75, 3.05) is 0 Å². The third kappa shape index (κ3) is 2.94. The molecule has 0 aliphatic carbocycles. The number of nitriles is 1. The number of aromatic nitrogens is 2. The Morgan fingerprint density at radius 3 is 2.61 bits per heavy atom. The molecule has 6 heteroatoms. The van der Waals surface area contributed by atoms with Gasteiger partial charge in [0.15, 0.2) is 6.33 Å². The molecule has 0 radical (unpaired) electrons. The summed E-state index contributed by atoms with van der Waals surface area (Å²) < 4.78 is 1.48. The maximum Gasteiger partial charge on any atom is 0.342 e. The van der Waals surface area contributed by atoms with E-state index in [2.05, 4.69) is 11.1 Å². The van der Waals surface area contributed by atoms with E-state index in [-0.39, 0.29) is 5.82 Å². The summed E-state index contributed by atoms with van der Waals surface area (Å²) in [4.78, 5) is 14.3. The van der Waals surface area contributed by atoms with Crippen LogP contribution in [-0.4, -0.2) is 14.5 Å². The third-order valence-electron chi connectivity index (χ3n) is 3.54. The molecule has 3 rings (SSSR count). The molecular weight excluding hydrogens is 292 g/mol. The minimum atomic E-state index is -0.454. The highest BCUT2D eigenvalue weighted by molar-refractivity contribution is 5.70. The molecule has 23 heavy (non-hydrogen) atoms. The van der Waals surface area contributed by atoms with Gasteiger partial charge in [-0.3, -0.25) is 0 Å². The number of nitrogens with zero attached hydrogens (tertiary/aromatic N) is 4. The lowest BCUT2D eigenvalue weighted by molar-refractivity contribution is -0.392. The van der Waals surface area contributed by atoms with Gasteiger partial charge in [0.25, 0.3) is 0 Å². The SMILES string of the molecule is N#Cc1ccccc1-c1ccc(Cn2cncc2[N+](=O)[O-])cc1. The van der Waals surface area contributed by atoms with E-state index in [1.807, 2.05) is 42.5 Å². The molecular formula is C17H12N4O2. The van der Waals surface area contributed by atoms with Crippen LogP contribution >= 0.6 is 0 Å². The summed E-state index contributed by atoms with van der Waals surface area (Å²) in [6, 6.07) is 17.2. The van der Waals surface area contributed by atoms with Crippen molar-refractivity contribution in [2.24, 2.45) is 0 Å². The van der Waals surface area contributed by atoms with Crippen LogP contribution < -0.4 is 0 Å². The lowest BCUT2D eigenvalue weighted by Crippen LogP contribution is -2.02. The molecule has 0 fully saturated rings. The second kappa shape index (κ2) is 6.12. The fourth-order valence-electron chi connectivity index (χ4n) is 2.41. The normalized spacial score (nSPS) is 10.2. The van der Waals surface area contributed by atoms with Gasteiger partial charge in [-0.25, -0.2) is 9.55 Å². The summed E-state index contributed by atoms with van der Waals surface area (Å²) in [6.07, 6.45) is 2.68. The molecule has 0 amide bonds. The Morgan fingerprint density at radius 2 is 1.91 bits per heavy atom. The van der Waals surface area contributed by atoms with Crippen LogP contribution in [0.2, 0.25) is 0 Å². The number of rotatable bonds is 4. The molecule has 2 aromatic carbocycles. The van der Waals surface area contributed by atoms with Gasteiger partial charge in [-0.2, -0.15) is 5.26 Å². The molecule has 0 N–H and O–H groups in total. The smallest absolute Gasteiger partial charge is 0.342 e. The summed E-state index contributed by atoms with van der Waals surface area (Å²) in [6.45, 7) is 0.372. The zero-order chi connectivity index (χ0) is 16.2. The average Bonchev–Trinajstić information content (AvgIpc) is 3.04. The number of hydrogen-bond donors (Lipinski definition) is 0. The zero-order valence-corrected chi connectivity index (χ0v) is 12.1. The van der Waals surface area contributed by atoms with Crippen LogP contribution in [0.5, 0.6) is 0 Å². The summed E-state index contributed by atoms with van der Waals surface area (Å²) in [5, 5.41) is 20.1. The van der Waals surface area contributed by atoms with Crippen LogP contribution in [0, 0.1) is 21.4 Å². The van der Waals surface area contributed by atoms with E-state index in [1.54, 1.807) is 6.07 Å². The third-order valence-corrected chi connectivity index (χ3v) is 3.54. The van der Waals surface area contributed by atoms with E-state index >= 15 is 0 Å². The first-order valence-corrected chi connectivity index (χ1v) is 6.92. The number of hydrogen-bond acceptors (Lipinski definition) is 4. The van der Waals surface area contributed by atoms with Crippen molar-refractivity contribution in [3.8, 4) is 17.2 Å². The van der Waals surface area contributed by atoms with Crippen LogP contribution in [0.3, 0.4) is 0 Å². The summed E-state index contributed by atoms with van der Waals surface area (Å²) in [5.74, 6) is -0.0381. The van der Waals surface area contributed by atoms with Gasteiger partial charge in [0.05, 0.1) is 11.6 Å². The summed E-state index contributed by atoms with van der Waals surface area (Å²) in [5.41, 5.74) is 3.34. The maximum atomic E-state index is 10.9. The van der Waals surface area contributed by atoms with E-state index < -0.39 is 4.92 Å². The summed E-state index contributed by atoms with van der Waals surface area (Å²) in [7, 11) is 0. The Hall–Kier alpha value is -3.46. The first-order valence-electron chi connectivity index (χ1n) is 6.92. The molecule has 0 bridgehead atoms. The predicted molar refractivity (Wildman–Crippen MR) is 84.6 cm³/mol. The first-order chi connectivity index (χ1) is 11.2. The van der Waals surface area contributed by atoms with Crippen molar-refractivity contribution >= 4 is 5.82 Å². The van der Waals surface area contributed by atoms with Crippen molar-refractivity contribution in [1.82, 2.24) is 9.55 Å². The van der Waals surface area contributed by atoms with Crippen molar-refractivity contribution < 1.29 is 4.92 Å². The first kappa shape index (κ1) is 14.5. The molecule has 6 nitrogen and oxygen atoms in total. The fourth-order valence-corrected chi connectivity index (χ4v) is 2.41. The van der Waals surface area contributed by atoms with Gasteiger partial charge in [-0.05, 0) is 27.7 Å². The van der Waals surface area contributed by atoms with Crippen LogP contribution in [0.1, 0.15) is 11.1 Å². The van der Waals surface area contributed by atoms with Crippen LogP contribution in [0.25, 0.3) is 11.1 Å². The van der Waals surface area contributed by atoms with Gasteiger partial charge in [0, 0.05) is 0 Å². The standard InChI is InChI=1S/C17H12N4O2/c18-9-15-3-1-2-4-16(15)14-7-5-13(6-8-14)11-20-12-19-10-17(20)21(22)23/h1-8,10,12H,11H2. The van der Waals surface area contributed by atoms with Gasteiger partial charge >= 0.3 is 5.82 Å². The molecule has 0 saturated carbocycles. The minimum absolute atomic E-state index is 0.0381. The topological polar surface area (TPSA) is 84.8 Å². The molecule has 0 spiro atoms. The highest BCUT2D eigenvalue weighted by Gasteiger charge is 2.13. The Labute approximate surface area is 132 Å². The highest BCUT2D eigenvalue weighted by atomic mass is 16.6. The molecule has 0 saturated heterocycles. The van der Waals surface area contributed by atoms with Crippen molar-refractivity contribution in [2.45, 2.75) is 6.54 Å². The van der Waals surface area contributed by atoms with E-state index in [0.717, 1.165) is 16.7 Å². The van der Waals surface area contributed by atoms with Gasteiger partial charge in [-0.1, -0.05) is 42.5 Å². The van der Waals surface area contributed by atoms with E-state index in [4.69, 9.17) is 5.26 Å². The summed E-state index contributed by atoms with van der Waals surface area (Å²) >= 11 is 0. The molecule has 0 aliphatic heterocycles. The molecule has 0 atom stereocenters. The van der Waals surface area contributed by atoms with Crippen LogP contribution in [-0.2, 0) is 6.54 Å². The van der Waals surface area contributed by atoms with Gasteiger partial charge in [-0.15, -0.1) is 0 Å². The molecule has 0 unspecified atom stereocenters. The Morgan fingerprint density at radius 1 is 1.17 bits per heavy atom. The molecule has 0 aliphatic rings. The fraction of sp³-hybridized carbons (Fsp3) is 0.0588. The van der Waals surface area contributed by atoms with Crippen LogP contribution in [0.15, 0.2) is 61.1 Å². The van der Waals surface area contributed by atoms with Gasteiger partial charge in [0.2, 0.25) is 0 Å². The quantitative estimate of drug-likeness (QED) is 0.546. The lowest BCUT2D eigenvalue weighted by atomic mass is 9.99. The second-order valence-electron chi connectivity index (χ2n) is 4.99. The lowest BCUT2D eigenvalue weighted by Gasteiger charge is -2.06. The Balaban J connectivity index is 1.87. The number of benzene rings is 2. The van der Waals surface area contributed by atoms with Crippen molar-refractivity contribution in [3.05, 3.63) is 82.3 Å². The van der Waals surface area contributed by atoms with Crippen molar-refractivity contribution in [3.63, 3.8) is 0 Å². The monoisotopic (exact) mass is 304 g/mol. The van der Waals surface area contributed by atoms with Crippen LogP contribution in [0.4, 0.5) is 5.82 Å². The zero-order valence-electron chi connectivity index (χ0n) is 12.1. The van der Waals surface area contributed by atoms with E-state index in [1.165, 1.54) is 17.1 Å². The molecule has 112 valence electrons. The number of imidazole rings is 1. The van der Waals surface area contributed by atoms with E-state index in [9.17, 15) is 10.1 Å². The van der Waals surface area contributed by atoms with E-state index in [0.29, 0.717) is 12.1 Å². The number of nitro groups is 1. The Bertz CT molecular complexity index is 891. The predicted octanol–water partition coefficient (Wildman–Crippen LogP) is 3.38. The highest BCUT2D eigenvalue weighted by Crippen LogP contribution is 2.24. The Kier molecular flexibility index (Phi) is 3.85. The average molecular weight is 304 g/mol. The minimum Gasteiger partial charge on any atom is -0.358 e. The molecule has 1 heterocycles. The maximum absolute atomic E-state index is 10.9.